The van der Waals surface area contributed by atoms with Gasteiger partial charge in [0.05, 0.1) is 7.11 Å². The minimum atomic E-state index is -5.93. The van der Waals surface area contributed by atoms with Crippen molar-refractivity contribution in [2.45, 2.75) is 29.3 Å². The predicted molar refractivity (Wildman–Crippen MR) is 70.3 cm³/mol. The van der Waals surface area contributed by atoms with E-state index in [1.165, 1.54) is 5.32 Å². The summed E-state index contributed by atoms with van der Waals surface area (Å²) in [5.41, 5.74) is -4.76. The fourth-order valence-corrected chi connectivity index (χ4v) is 2.99. The number of anilines is 1. The fourth-order valence-electron chi connectivity index (χ4n) is 1.28. The van der Waals surface area contributed by atoms with Gasteiger partial charge in [0.15, 0.2) is 4.34 Å². The van der Waals surface area contributed by atoms with Crippen LogP contribution in [0.15, 0.2) is 4.34 Å². The van der Waals surface area contributed by atoms with Gasteiger partial charge in [-0.3, -0.25) is 5.32 Å². The van der Waals surface area contributed by atoms with Crippen molar-refractivity contribution in [3.05, 3.63) is 0 Å². The molecule has 0 saturated heterocycles. The van der Waals surface area contributed by atoms with Gasteiger partial charge < -0.3 is 10.1 Å². The summed E-state index contributed by atoms with van der Waals surface area (Å²) >= 11 is 1.57. The number of thioether (sulfide) groups is 1. The van der Waals surface area contributed by atoms with Crippen LogP contribution in [0.5, 0.6) is 0 Å². The van der Waals surface area contributed by atoms with E-state index in [-0.39, 0.29) is 4.34 Å². The molecule has 0 atom stereocenters. The molecule has 0 saturated carbocycles. The van der Waals surface area contributed by atoms with Gasteiger partial charge in [-0.05, 0) is 5.75 Å². The standard InChI is InChI=1S/C9H10F6N4O2S2/c1-3-22-6-19-18-4(23-6)16-7(8(10,11)12,9(13,14)15)17-5(20)21-2/h3H2,1-2H3,(H,16,18)(H,17,20). The molecule has 0 aromatic carbocycles. The number of methoxy groups -OCH3 is 1. The Balaban J connectivity index is 3.28. The number of rotatable bonds is 5. The number of carbonyl (C=O) groups excluding carboxylic acids is 1. The van der Waals surface area contributed by atoms with E-state index in [4.69, 9.17) is 0 Å². The third kappa shape index (κ3) is 4.31. The van der Waals surface area contributed by atoms with E-state index >= 15 is 0 Å². The van der Waals surface area contributed by atoms with E-state index in [1.54, 1.807) is 6.92 Å². The largest absolute Gasteiger partial charge is 0.453 e. The molecule has 0 fully saturated rings. The Bertz CT molecular complexity index is 533. The molecule has 0 aliphatic rings. The van der Waals surface area contributed by atoms with Gasteiger partial charge in [0, 0.05) is 0 Å². The highest BCUT2D eigenvalue weighted by molar-refractivity contribution is 8.01. The van der Waals surface area contributed by atoms with E-state index in [9.17, 15) is 31.1 Å². The molecule has 23 heavy (non-hydrogen) atoms. The number of aromatic nitrogens is 2. The molecule has 6 nitrogen and oxygen atoms in total. The van der Waals surface area contributed by atoms with Crippen molar-refractivity contribution >= 4 is 34.3 Å². The zero-order valence-electron chi connectivity index (χ0n) is 11.5. The van der Waals surface area contributed by atoms with E-state index in [0.29, 0.717) is 24.2 Å². The van der Waals surface area contributed by atoms with Crippen LogP contribution < -0.4 is 10.6 Å². The van der Waals surface area contributed by atoms with Gasteiger partial charge in [-0.25, -0.2) is 4.79 Å². The normalized spacial score (nSPS) is 12.9. The number of hydrogen-bond acceptors (Lipinski definition) is 7. The minimum absolute atomic E-state index is 0.173. The summed E-state index contributed by atoms with van der Waals surface area (Å²) in [5, 5.41) is 7.86. The highest BCUT2D eigenvalue weighted by Crippen LogP contribution is 2.44. The Kier molecular flexibility index (Phi) is 5.95. The van der Waals surface area contributed by atoms with E-state index in [1.807, 2.05) is 0 Å². The van der Waals surface area contributed by atoms with Gasteiger partial charge >= 0.3 is 24.1 Å². The van der Waals surface area contributed by atoms with Gasteiger partial charge in [0.2, 0.25) is 5.13 Å². The number of amides is 1. The first-order valence-corrected chi connectivity index (χ1v) is 7.51. The van der Waals surface area contributed by atoms with Crippen LogP contribution in [0.4, 0.5) is 36.3 Å². The lowest BCUT2D eigenvalue weighted by Gasteiger charge is -2.37. The number of nitrogens with one attached hydrogen (secondary N) is 2. The second-order valence-corrected chi connectivity index (χ2v) is 6.28. The average molecular weight is 384 g/mol. The van der Waals surface area contributed by atoms with Crippen LogP contribution in [0.3, 0.4) is 0 Å². The summed E-state index contributed by atoms with van der Waals surface area (Å²) < 4.78 is 82.7. The molecule has 1 heterocycles. The molecule has 0 aliphatic carbocycles. The molecule has 0 spiro atoms. The molecule has 1 rings (SSSR count). The molecule has 14 heteroatoms. The first-order chi connectivity index (χ1) is 10.5. The third-order valence-electron chi connectivity index (χ3n) is 2.29. The molecule has 0 bridgehead atoms. The maximum absolute atomic E-state index is 13.1. The summed E-state index contributed by atoms with van der Waals surface area (Å²) in [5.74, 6) is 0.499. The molecule has 0 aliphatic heterocycles. The Labute approximate surface area is 134 Å². The summed E-state index contributed by atoms with van der Waals surface area (Å²) in [6, 6.07) is 0. The lowest BCUT2D eigenvalue weighted by molar-refractivity contribution is -0.294. The van der Waals surface area contributed by atoms with Crippen LogP contribution in [0.2, 0.25) is 0 Å². The first-order valence-electron chi connectivity index (χ1n) is 5.71. The average Bonchev–Trinajstić information content (AvgIpc) is 2.83. The number of alkyl carbamates (subject to hydrolysis) is 1. The van der Waals surface area contributed by atoms with Crippen LogP contribution in [0, 0.1) is 0 Å². The molecule has 2 N–H and O–H groups in total. The number of carbonyl (C=O) groups is 1. The molecular weight excluding hydrogens is 374 g/mol. The van der Waals surface area contributed by atoms with Crippen molar-refractivity contribution in [3.63, 3.8) is 0 Å². The van der Waals surface area contributed by atoms with Gasteiger partial charge in [-0.1, -0.05) is 30.0 Å². The Morgan fingerprint density at radius 2 is 1.78 bits per heavy atom. The highest BCUT2D eigenvalue weighted by Gasteiger charge is 2.73. The zero-order chi connectivity index (χ0) is 17.9. The number of hydrogen-bond donors (Lipinski definition) is 2. The topological polar surface area (TPSA) is 76.1 Å². The molecule has 0 radical (unpaired) electrons. The number of ether oxygens (including phenoxy) is 1. The number of nitrogens with zero attached hydrogens (tertiary/aromatic N) is 2. The van der Waals surface area contributed by atoms with Crippen LogP contribution in [0.1, 0.15) is 6.92 Å². The quantitative estimate of drug-likeness (QED) is 0.461. The zero-order valence-corrected chi connectivity index (χ0v) is 13.1. The second kappa shape index (κ2) is 6.98. The van der Waals surface area contributed by atoms with Gasteiger partial charge in [-0.2, -0.15) is 26.3 Å². The van der Waals surface area contributed by atoms with Crippen molar-refractivity contribution < 1.29 is 35.9 Å². The smallest absolute Gasteiger partial charge is 0.439 e. The summed E-state index contributed by atoms with van der Waals surface area (Å²) in [7, 11) is 0.633. The van der Waals surface area contributed by atoms with Crippen molar-refractivity contribution in [1.29, 1.82) is 0 Å². The van der Waals surface area contributed by atoms with Crippen molar-refractivity contribution in [1.82, 2.24) is 15.5 Å². The molecule has 1 aromatic heterocycles. The molecule has 0 unspecified atom stereocenters. The summed E-state index contributed by atoms with van der Waals surface area (Å²) in [6.45, 7) is 1.72. The van der Waals surface area contributed by atoms with Crippen LogP contribution in [-0.4, -0.2) is 47.2 Å². The van der Waals surface area contributed by atoms with Crippen molar-refractivity contribution in [3.8, 4) is 0 Å². The SMILES string of the molecule is CCSc1nnc(NC(NC(=O)OC)(C(F)(F)F)C(F)(F)F)s1. The van der Waals surface area contributed by atoms with Crippen molar-refractivity contribution in [2.24, 2.45) is 0 Å². The lowest BCUT2D eigenvalue weighted by atomic mass is 10.1. The second-order valence-electron chi connectivity index (χ2n) is 3.79. The monoisotopic (exact) mass is 384 g/mol. The fraction of sp³-hybridized carbons (Fsp3) is 0.667. The Hall–Kier alpha value is -1.44. The maximum atomic E-state index is 13.1. The summed E-state index contributed by atoms with van der Waals surface area (Å²) in [6.07, 6.45) is -13.8. The number of halogens is 6. The third-order valence-corrected chi connectivity index (χ3v) is 4.15. The lowest BCUT2D eigenvalue weighted by Crippen LogP contribution is -2.72. The van der Waals surface area contributed by atoms with Gasteiger partial charge in [-0.15, -0.1) is 10.2 Å². The maximum Gasteiger partial charge on any atom is 0.439 e. The van der Waals surface area contributed by atoms with Crippen LogP contribution >= 0.6 is 23.1 Å². The minimum Gasteiger partial charge on any atom is -0.453 e. The van der Waals surface area contributed by atoms with Crippen LogP contribution in [0.25, 0.3) is 0 Å². The molecule has 1 aromatic rings. The van der Waals surface area contributed by atoms with Crippen molar-refractivity contribution in [2.75, 3.05) is 18.2 Å². The van der Waals surface area contributed by atoms with E-state index < -0.39 is 29.2 Å². The highest BCUT2D eigenvalue weighted by atomic mass is 32.2. The van der Waals surface area contributed by atoms with E-state index in [2.05, 4.69) is 14.9 Å². The van der Waals surface area contributed by atoms with Gasteiger partial charge in [0.1, 0.15) is 0 Å². The Morgan fingerprint density at radius 3 is 2.22 bits per heavy atom. The van der Waals surface area contributed by atoms with Crippen LogP contribution in [-0.2, 0) is 4.74 Å². The number of alkyl halides is 6. The molecule has 132 valence electrons. The van der Waals surface area contributed by atoms with E-state index in [0.717, 1.165) is 17.1 Å². The first kappa shape index (κ1) is 19.6. The Morgan fingerprint density at radius 1 is 1.22 bits per heavy atom. The molecular formula is C9H10F6N4O2S2. The summed E-state index contributed by atoms with van der Waals surface area (Å²) in [4.78, 5) is 11.0. The molecule has 1 amide bonds. The predicted octanol–water partition coefficient (Wildman–Crippen LogP) is 3.24. The van der Waals surface area contributed by atoms with Gasteiger partial charge in [0.25, 0.3) is 0 Å².